The number of halogens is 1. The first-order chi connectivity index (χ1) is 46.5. The number of benzene rings is 2. The van der Waals surface area contributed by atoms with E-state index in [9.17, 15) is 56.4 Å². The van der Waals surface area contributed by atoms with Gasteiger partial charge in [0.1, 0.15) is 29.8 Å². The quantitative estimate of drug-likeness (QED) is 0.0180. The van der Waals surface area contributed by atoms with Crippen LogP contribution < -0.4 is 31.3 Å². The third kappa shape index (κ3) is 32.8. The van der Waals surface area contributed by atoms with E-state index in [4.69, 9.17) is 59.2 Å². The molecule has 7 N–H and O–H groups in total. The Morgan fingerprint density at radius 1 is 0.745 bits per heavy atom. The van der Waals surface area contributed by atoms with Gasteiger partial charge in [-0.05, 0) is 92.7 Å². The minimum Gasteiger partial charge on any atom is -0.495 e. The summed E-state index contributed by atoms with van der Waals surface area (Å²) < 4.78 is 75.5. The number of carbonyl (C=O) groups excluding carboxylic acids is 9. The van der Waals surface area contributed by atoms with Crippen LogP contribution in [-0.4, -0.2) is 193 Å². The second-order valence-corrected chi connectivity index (χ2v) is 27.9. The normalized spacial score (nSPS) is 19.6. The fraction of sp³-hybridized carbons (Fsp3) is 0.652. The number of amides is 5. The van der Waals surface area contributed by atoms with Crippen molar-refractivity contribution in [2.45, 2.75) is 175 Å². The SMILES string of the molecule is COc1ccc(C[C@H]2NC(=O)/C=C/C[C@@H]([C@H](C)[C@H]3O[C@@H]3c3ccc(CCC(=O)[C@H](CCCCNC(=O)CCOCCOCCOCCOCCC(=O)NCCS(=O)(=O)O)CC(=O)[C@@H](NC(=O)CCCC(=O)O)C(C)C)cc3)OC(=O)[C@H](CC(C)C)OC(=O)C(C)(C)CNC2=O)cc1Cl. The maximum absolute atomic E-state index is 14.2. The molecule has 98 heavy (non-hydrogen) atoms. The Morgan fingerprint density at radius 2 is 1.36 bits per heavy atom. The molecule has 0 unspecified atom stereocenters. The highest BCUT2D eigenvalue weighted by molar-refractivity contribution is 7.85. The number of carboxylic acid groups (broad SMARTS) is 1. The Hall–Kier alpha value is -6.92. The lowest BCUT2D eigenvalue weighted by Gasteiger charge is -2.29. The summed E-state index contributed by atoms with van der Waals surface area (Å²) in [6, 6.07) is 10.6. The number of hydrogen-bond acceptors (Lipinski definition) is 20. The highest BCUT2D eigenvalue weighted by Gasteiger charge is 2.48. The van der Waals surface area contributed by atoms with E-state index >= 15 is 0 Å². The zero-order chi connectivity index (χ0) is 72.4. The molecule has 27 nitrogen and oxygen atoms in total. The van der Waals surface area contributed by atoms with Crippen LogP contribution in [0.25, 0.3) is 0 Å². The molecular weight excluding hydrogens is 1320 g/mol. The molecule has 2 aromatic carbocycles. The van der Waals surface area contributed by atoms with Crippen LogP contribution in [0.4, 0.5) is 0 Å². The van der Waals surface area contributed by atoms with E-state index in [0.717, 1.165) is 11.1 Å². The molecule has 5 amide bonds. The number of carbonyl (C=O) groups is 10. The summed E-state index contributed by atoms with van der Waals surface area (Å²) >= 11 is 6.40. The average Bonchev–Trinajstić information content (AvgIpc) is 1.62. The second-order valence-electron chi connectivity index (χ2n) is 25.9. The van der Waals surface area contributed by atoms with Crippen LogP contribution in [0.5, 0.6) is 5.75 Å². The van der Waals surface area contributed by atoms with Gasteiger partial charge in [0.2, 0.25) is 29.5 Å². The number of ketones is 2. The van der Waals surface area contributed by atoms with E-state index in [0.29, 0.717) is 48.6 Å². The Labute approximate surface area is 580 Å². The number of ether oxygens (including phenoxy) is 8. The largest absolute Gasteiger partial charge is 0.495 e. The number of hydrogen-bond donors (Lipinski definition) is 7. The van der Waals surface area contributed by atoms with Crippen molar-refractivity contribution in [3.05, 3.63) is 76.3 Å². The second kappa shape index (κ2) is 43.6. The van der Waals surface area contributed by atoms with Crippen LogP contribution in [-0.2, 0) is 104 Å². The fourth-order valence-electron chi connectivity index (χ4n) is 10.5. The van der Waals surface area contributed by atoms with Gasteiger partial charge in [0.25, 0.3) is 10.1 Å². The number of epoxide rings is 1. The number of unbranched alkanes of at least 4 members (excludes halogenated alkanes) is 1. The van der Waals surface area contributed by atoms with Crippen LogP contribution in [0.1, 0.15) is 148 Å². The smallest absolute Gasteiger partial charge is 0.347 e. The lowest BCUT2D eigenvalue weighted by molar-refractivity contribution is -0.179. The van der Waals surface area contributed by atoms with E-state index in [1.807, 2.05) is 45.0 Å². The predicted octanol–water partition coefficient (Wildman–Crippen LogP) is 5.73. The van der Waals surface area contributed by atoms with Crippen LogP contribution in [0, 0.1) is 29.1 Å². The summed E-state index contributed by atoms with van der Waals surface area (Å²) in [6.07, 6.45) is 1.71. The number of esters is 2. The summed E-state index contributed by atoms with van der Waals surface area (Å²) in [5, 5.41) is 22.9. The van der Waals surface area contributed by atoms with Crippen molar-refractivity contribution >= 4 is 80.7 Å². The van der Waals surface area contributed by atoms with E-state index in [2.05, 4.69) is 26.6 Å². The number of rotatable bonds is 44. The van der Waals surface area contributed by atoms with Gasteiger partial charge in [0, 0.05) is 82.8 Å². The van der Waals surface area contributed by atoms with E-state index in [-0.39, 0.29) is 159 Å². The third-order valence-electron chi connectivity index (χ3n) is 16.3. The molecule has 0 aliphatic carbocycles. The zero-order valence-corrected chi connectivity index (χ0v) is 59.3. The molecule has 0 aromatic heterocycles. The average molecular weight is 1420 g/mol. The minimum absolute atomic E-state index is 0.0205. The molecule has 2 aromatic rings. The van der Waals surface area contributed by atoms with Crippen molar-refractivity contribution in [1.29, 1.82) is 0 Å². The van der Waals surface area contributed by atoms with Crippen molar-refractivity contribution in [2.24, 2.45) is 29.1 Å². The fourth-order valence-corrected chi connectivity index (χ4v) is 11.2. The Bertz CT molecular complexity index is 3070. The predicted molar refractivity (Wildman–Crippen MR) is 360 cm³/mol. The number of Topliss-reactive ketones (excluding diaryl/α,β-unsaturated/α-hetero) is 2. The number of cyclic esters (lactones) is 2. The first-order valence-electron chi connectivity index (χ1n) is 33.6. The highest BCUT2D eigenvalue weighted by Crippen LogP contribution is 2.45. The number of nitrogens with one attached hydrogen (secondary N) is 5. The summed E-state index contributed by atoms with van der Waals surface area (Å²) in [6.45, 7) is 14.1. The molecule has 0 spiro atoms. The lowest BCUT2D eigenvalue weighted by atomic mass is 9.85. The number of carboxylic acids is 1. The third-order valence-corrected chi connectivity index (χ3v) is 17.3. The number of aliphatic carboxylic acids is 1. The van der Waals surface area contributed by atoms with Gasteiger partial charge in [0.05, 0.1) is 88.3 Å². The summed E-state index contributed by atoms with van der Waals surface area (Å²) in [7, 11) is -2.67. The monoisotopic (exact) mass is 1420 g/mol. The molecule has 0 saturated carbocycles. The summed E-state index contributed by atoms with van der Waals surface area (Å²) in [5.74, 6) is -6.95. The van der Waals surface area contributed by atoms with Gasteiger partial charge in [-0.2, -0.15) is 8.42 Å². The maximum atomic E-state index is 14.2. The van der Waals surface area contributed by atoms with Gasteiger partial charge in [0.15, 0.2) is 11.9 Å². The molecule has 4 rings (SSSR count). The van der Waals surface area contributed by atoms with Crippen molar-refractivity contribution in [1.82, 2.24) is 26.6 Å². The molecule has 1 saturated heterocycles. The van der Waals surface area contributed by atoms with Crippen molar-refractivity contribution in [3.8, 4) is 5.75 Å². The molecule has 2 aliphatic heterocycles. The van der Waals surface area contributed by atoms with E-state index in [1.165, 1.54) is 13.2 Å². The molecule has 29 heteroatoms. The lowest BCUT2D eigenvalue weighted by Crippen LogP contribution is -2.51. The molecule has 2 aliphatic rings. The van der Waals surface area contributed by atoms with Gasteiger partial charge < -0.3 is 69.6 Å². The van der Waals surface area contributed by atoms with Crippen molar-refractivity contribution in [3.63, 3.8) is 0 Å². The van der Waals surface area contributed by atoms with Gasteiger partial charge in [-0.15, -0.1) is 0 Å². The maximum Gasteiger partial charge on any atom is 0.347 e. The van der Waals surface area contributed by atoms with Crippen LogP contribution in [0.2, 0.25) is 5.02 Å². The first kappa shape index (κ1) is 83.5. The minimum atomic E-state index is -4.15. The van der Waals surface area contributed by atoms with Crippen LogP contribution >= 0.6 is 11.6 Å². The topological polar surface area (TPSA) is 383 Å². The Balaban J connectivity index is 1.32. The van der Waals surface area contributed by atoms with Gasteiger partial charge in [-0.3, -0.25) is 47.7 Å². The van der Waals surface area contributed by atoms with Crippen LogP contribution in [0.15, 0.2) is 54.6 Å². The van der Waals surface area contributed by atoms with E-state index < -0.39 is 111 Å². The molecular formula is C69H102ClN5O22S. The molecule has 8 atom stereocenters. The number of methoxy groups -OCH3 is 1. The highest BCUT2D eigenvalue weighted by atomic mass is 35.5. The molecule has 1 fully saturated rings. The molecule has 0 radical (unpaired) electrons. The summed E-state index contributed by atoms with van der Waals surface area (Å²) in [5.41, 5.74) is 0.994. The Kier molecular flexibility index (Phi) is 37.1. The standard InChI is InChI=1S/C69H102ClN5O22S/c1-44(2)39-57-67(85)95-55(14-11-15-60(80)74-52(41-48-21-25-56(90-8)51(70)40-48)66(84)73-43-69(6,7)68(86)96-57)46(5)64-65(97-64)49-22-18-47(19-23-49)20-24-53(76)50(42-54(77)63(45(3)4)75-61(81)16-12-17-62(82)83)13-9-10-28-71-58(78)26-30-91-32-34-93-36-37-94-35-33-92-31-27-59(79)72-29-38-98(87,88)89/h11,15,18-19,21-23,25,40,44-46,50,52,55,57,63-65H,9-10,12-14,16-17,20,24,26-39,41-43H2,1-8H3,(H,71,78)(H,72,79)(H,73,84)(H,74,80)(H,75,81)(H,82,83)(H,87,88,89)/b15-11+/t46-,50+,52+,55-,57-,63-,64+,65+/m0/s1. The first-order valence-corrected chi connectivity index (χ1v) is 35.5. The van der Waals surface area contributed by atoms with Crippen LogP contribution in [0.3, 0.4) is 0 Å². The van der Waals surface area contributed by atoms with Gasteiger partial charge >= 0.3 is 17.9 Å². The number of aryl methyl sites for hydroxylation is 1. The molecule has 2 heterocycles. The van der Waals surface area contributed by atoms with Crippen molar-refractivity contribution < 1.29 is 104 Å². The van der Waals surface area contributed by atoms with E-state index in [1.54, 1.807) is 52.0 Å². The van der Waals surface area contributed by atoms with Crippen molar-refractivity contribution in [2.75, 3.05) is 85.4 Å². The Morgan fingerprint density at radius 3 is 1.94 bits per heavy atom. The zero-order valence-electron chi connectivity index (χ0n) is 57.7. The molecule has 548 valence electrons. The van der Waals surface area contributed by atoms with Gasteiger partial charge in [-0.1, -0.05) is 89.0 Å². The summed E-state index contributed by atoms with van der Waals surface area (Å²) in [4.78, 5) is 132. The molecule has 0 bridgehead atoms. The van der Waals surface area contributed by atoms with Gasteiger partial charge in [-0.25, -0.2) is 4.79 Å².